The Balaban J connectivity index is 1.44. The molecular formula is C24H28F2N4O2. The van der Waals surface area contributed by atoms with Gasteiger partial charge in [-0.25, -0.2) is 13.8 Å². The number of H-pyrrole nitrogens is 1. The Labute approximate surface area is 185 Å². The number of aromatic amines is 1. The minimum Gasteiger partial charge on any atom is -0.328 e. The summed E-state index contributed by atoms with van der Waals surface area (Å²) in [5.41, 5.74) is 1.54. The molecule has 32 heavy (non-hydrogen) atoms. The molecule has 0 bridgehead atoms. The van der Waals surface area contributed by atoms with Crippen LogP contribution in [0.2, 0.25) is 0 Å². The number of hydrogen-bond donors (Lipinski definition) is 1. The van der Waals surface area contributed by atoms with Crippen LogP contribution in [0.5, 0.6) is 0 Å². The second-order valence-electron chi connectivity index (χ2n) is 9.17. The van der Waals surface area contributed by atoms with Crippen LogP contribution < -0.4 is 5.56 Å². The summed E-state index contributed by atoms with van der Waals surface area (Å²) < 4.78 is 27.1. The molecule has 1 atom stereocenters. The predicted octanol–water partition coefficient (Wildman–Crippen LogP) is 3.72. The van der Waals surface area contributed by atoms with E-state index < -0.39 is 11.6 Å². The standard InChI is InChI=1S/C24H28F2N4O2/c25-18-9-8-15(13-19(18)26)24(32)30-11-4-3-7-21(30)22-27-20-14-29(16-5-1-2-6-16)12-10-17(20)23(31)28-22/h8-9,13,16,21H,1-7,10-12,14H2,(H,27,28,31)/t21-/m1/s1. The van der Waals surface area contributed by atoms with Gasteiger partial charge in [-0.2, -0.15) is 0 Å². The molecule has 0 spiro atoms. The molecule has 8 heteroatoms. The third kappa shape index (κ3) is 3.96. The lowest BCUT2D eigenvalue weighted by Gasteiger charge is -2.36. The highest BCUT2D eigenvalue weighted by Gasteiger charge is 2.33. The third-order valence-corrected chi connectivity index (χ3v) is 7.21. The van der Waals surface area contributed by atoms with Gasteiger partial charge in [0.05, 0.1) is 11.7 Å². The summed E-state index contributed by atoms with van der Waals surface area (Å²) in [4.78, 5) is 37.9. The van der Waals surface area contributed by atoms with Gasteiger partial charge in [-0.3, -0.25) is 14.5 Å². The predicted molar refractivity (Wildman–Crippen MR) is 115 cm³/mol. The van der Waals surface area contributed by atoms with Crippen molar-refractivity contribution in [3.8, 4) is 0 Å². The van der Waals surface area contributed by atoms with Gasteiger partial charge >= 0.3 is 0 Å². The molecule has 2 aromatic rings. The first kappa shape index (κ1) is 21.2. The molecule has 3 aliphatic rings. The summed E-state index contributed by atoms with van der Waals surface area (Å²) in [6, 6.07) is 3.39. The van der Waals surface area contributed by atoms with Crippen molar-refractivity contribution >= 4 is 5.91 Å². The zero-order valence-corrected chi connectivity index (χ0v) is 18.1. The van der Waals surface area contributed by atoms with Gasteiger partial charge < -0.3 is 9.88 Å². The van der Waals surface area contributed by atoms with E-state index in [1.165, 1.54) is 31.7 Å². The Morgan fingerprint density at radius 1 is 1.03 bits per heavy atom. The van der Waals surface area contributed by atoms with Crippen molar-refractivity contribution in [1.82, 2.24) is 19.8 Å². The molecule has 0 radical (unpaired) electrons. The van der Waals surface area contributed by atoms with Crippen molar-refractivity contribution in [2.45, 2.75) is 70.0 Å². The van der Waals surface area contributed by atoms with Gasteiger partial charge in [0, 0.05) is 36.8 Å². The average Bonchev–Trinajstić information content (AvgIpc) is 3.35. The maximum atomic E-state index is 13.7. The quantitative estimate of drug-likeness (QED) is 0.787. The minimum absolute atomic E-state index is 0.100. The Hall–Kier alpha value is -2.61. The highest BCUT2D eigenvalue weighted by atomic mass is 19.2. The zero-order chi connectivity index (χ0) is 22.2. The first-order chi connectivity index (χ1) is 15.5. The van der Waals surface area contributed by atoms with Crippen LogP contribution in [0.25, 0.3) is 0 Å². The number of piperidine rings is 1. The summed E-state index contributed by atoms with van der Waals surface area (Å²) in [6.45, 7) is 2.03. The van der Waals surface area contributed by atoms with E-state index in [0.717, 1.165) is 42.8 Å². The first-order valence-corrected chi connectivity index (χ1v) is 11.6. The van der Waals surface area contributed by atoms with E-state index in [4.69, 9.17) is 4.98 Å². The van der Waals surface area contributed by atoms with E-state index in [1.54, 1.807) is 4.90 Å². The third-order valence-electron chi connectivity index (χ3n) is 7.21. The van der Waals surface area contributed by atoms with E-state index in [-0.39, 0.29) is 23.1 Å². The number of amides is 1. The fraction of sp³-hybridized carbons (Fsp3) is 0.542. The highest BCUT2D eigenvalue weighted by Crippen LogP contribution is 2.32. The molecule has 5 rings (SSSR count). The number of carbonyl (C=O) groups is 1. The van der Waals surface area contributed by atoms with Crippen molar-refractivity contribution in [3.63, 3.8) is 0 Å². The molecule has 1 saturated carbocycles. The van der Waals surface area contributed by atoms with Crippen molar-refractivity contribution in [1.29, 1.82) is 0 Å². The van der Waals surface area contributed by atoms with Crippen LogP contribution in [0.1, 0.15) is 78.4 Å². The average molecular weight is 443 g/mol. The van der Waals surface area contributed by atoms with Crippen molar-refractivity contribution < 1.29 is 13.6 Å². The smallest absolute Gasteiger partial charge is 0.254 e. The van der Waals surface area contributed by atoms with Crippen LogP contribution in [0, 0.1) is 11.6 Å². The van der Waals surface area contributed by atoms with Gasteiger partial charge in [-0.05, 0) is 56.7 Å². The summed E-state index contributed by atoms with van der Waals surface area (Å²) in [5.74, 6) is -1.90. The normalized spacial score (nSPS) is 22.2. The highest BCUT2D eigenvalue weighted by molar-refractivity contribution is 5.94. The lowest BCUT2D eigenvalue weighted by Crippen LogP contribution is -2.43. The van der Waals surface area contributed by atoms with E-state index >= 15 is 0 Å². The first-order valence-electron chi connectivity index (χ1n) is 11.6. The number of nitrogens with zero attached hydrogens (tertiary/aromatic N) is 3. The molecule has 1 saturated heterocycles. The Morgan fingerprint density at radius 3 is 2.59 bits per heavy atom. The molecule has 1 N–H and O–H groups in total. The summed E-state index contributed by atoms with van der Waals surface area (Å²) in [6.07, 6.45) is 7.99. The van der Waals surface area contributed by atoms with Gasteiger partial charge in [0.2, 0.25) is 0 Å². The molecular weight excluding hydrogens is 414 g/mol. The number of aromatic nitrogens is 2. The number of hydrogen-bond acceptors (Lipinski definition) is 4. The Bertz CT molecular complexity index is 1080. The van der Waals surface area contributed by atoms with Crippen molar-refractivity contribution in [2.24, 2.45) is 0 Å². The maximum Gasteiger partial charge on any atom is 0.254 e. The molecule has 170 valence electrons. The van der Waals surface area contributed by atoms with Gasteiger partial charge in [0.15, 0.2) is 11.6 Å². The number of likely N-dealkylation sites (tertiary alicyclic amines) is 1. The van der Waals surface area contributed by atoms with Gasteiger partial charge in [-0.1, -0.05) is 12.8 Å². The van der Waals surface area contributed by atoms with Crippen LogP contribution in [0.3, 0.4) is 0 Å². The molecule has 1 aromatic carbocycles. The second kappa shape index (κ2) is 8.73. The number of carbonyl (C=O) groups excluding carboxylic acids is 1. The van der Waals surface area contributed by atoms with Crippen molar-refractivity contribution in [2.75, 3.05) is 13.1 Å². The van der Waals surface area contributed by atoms with Crippen LogP contribution in [-0.4, -0.2) is 44.8 Å². The van der Waals surface area contributed by atoms with Crippen LogP contribution in [0.15, 0.2) is 23.0 Å². The second-order valence-corrected chi connectivity index (χ2v) is 9.17. The molecule has 0 unspecified atom stereocenters. The number of halogens is 2. The molecule has 2 aliphatic heterocycles. The van der Waals surface area contributed by atoms with E-state index in [9.17, 15) is 18.4 Å². The number of rotatable bonds is 3. The SMILES string of the molecule is O=C(c1ccc(F)c(F)c1)N1CCCC[C@@H]1c1nc2c(c(=O)[nH]1)CCN(C1CCCC1)C2. The fourth-order valence-corrected chi connectivity index (χ4v) is 5.47. The molecule has 6 nitrogen and oxygen atoms in total. The van der Waals surface area contributed by atoms with Gasteiger partial charge in [0.25, 0.3) is 11.5 Å². The minimum atomic E-state index is -1.04. The summed E-state index contributed by atoms with van der Waals surface area (Å²) >= 11 is 0. The van der Waals surface area contributed by atoms with Crippen molar-refractivity contribution in [3.05, 3.63) is 62.8 Å². The largest absolute Gasteiger partial charge is 0.328 e. The topological polar surface area (TPSA) is 69.3 Å². The van der Waals surface area contributed by atoms with Crippen LogP contribution >= 0.6 is 0 Å². The van der Waals surface area contributed by atoms with Crippen LogP contribution in [-0.2, 0) is 13.0 Å². The number of fused-ring (bicyclic) bond motifs is 1. The fourth-order valence-electron chi connectivity index (χ4n) is 5.47. The molecule has 1 aromatic heterocycles. The molecule has 3 heterocycles. The number of nitrogens with one attached hydrogen (secondary N) is 1. The van der Waals surface area contributed by atoms with Gasteiger partial charge in [-0.15, -0.1) is 0 Å². The molecule has 1 amide bonds. The summed E-state index contributed by atoms with van der Waals surface area (Å²) in [7, 11) is 0. The maximum absolute atomic E-state index is 13.7. The molecule has 1 aliphatic carbocycles. The van der Waals surface area contributed by atoms with E-state index in [0.29, 0.717) is 37.8 Å². The van der Waals surface area contributed by atoms with Crippen LogP contribution in [0.4, 0.5) is 8.78 Å². The lowest BCUT2D eigenvalue weighted by molar-refractivity contribution is 0.0597. The van der Waals surface area contributed by atoms with E-state index in [1.807, 2.05) is 0 Å². The zero-order valence-electron chi connectivity index (χ0n) is 18.1. The van der Waals surface area contributed by atoms with Gasteiger partial charge in [0.1, 0.15) is 5.82 Å². The Morgan fingerprint density at radius 2 is 1.81 bits per heavy atom. The lowest BCUT2D eigenvalue weighted by atomic mass is 9.98. The van der Waals surface area contributed by atoms with E-state index in [2.05, 4.69) is 9.88 Å². The summed E-state index contributed by atoms with van der Waals surface area (Å²) in [5, 5.41) is 0. The molecule has 2 fully saturated rings. The number of benzene rings is 1. The monoisotopic (exact) mass is 442 g/mol. The Kier molecular flexibility index (Phi) is 5.80.